The van der Waals surface area contributed by atoms with Gasteiger partial charge in [0.25, 0.3) is 11.5 Å². The summed E-state index contributed by atoms with van der Waals surface area (Å²) in [6.45, 7) is 5.01. The number of hydrogen-bond acceptors (Lipinski definition) is 9. The van der Waals surface area contributed by atoms with Crippen molar-refractivity contribution >= 4 is 29.2 Å². The van der Waals surface area contributed by atoms with Crippen LogP contribution in [0.3, 0.4) is 0 Å². The summed E-state index contributed by atoms with van der Waals surface area (Å²) in [5.74, 6) is -0.963. The summed E-state index contributed by atoms with van der Waals surface area (Å²) in [6.07, 6.45) is 3.61. The summed E-state index contributed by atoms with van der Waals surface area (Å²) in [6, 6.07) is 3.22. The molecule has 12 heteroatoms. The summed E-state index contributed by atoms with van der Waals surface area (Å²) in [5, 5.41) is 0. The first-order chi connectivity index (χ1) is 16.7. The summed E-state index contributed by atoms with van der Waals surface area (Å²) < 4.78 is 11.6. The SMILES string of the molecule is COCCN(C(=O)COC(=O)c1cccnc1N1CCCC1)c1c(N)n(CC(C)C)c(=O)[nH]c1=O. The topological polar surface area (TPSA) is 153 Å². The van der Waals surface area contributed by atoms with Gasteiger partial charge in [0.15, 0.2) is 12.3 Å². The molecule has 0 aliphatic carbocycles. The number of anilines is 3. The molecule has 3 N–H and O–H groups in total. The molecule has 2 aromatic rings. The number of nitrogens with zero attached hydrogens (tertiary/aromatic N) is 4. The standard InChI is InChI=1S/C23H32N6O6/c1-15(2)13-29-19(24)18(21(31)26-23(29)33)28(11-12-34-3)17(30)14-35-22(32)16-7-6-8-25-20(16)27-9-4-5-10-27/h6-8,15H,4-5,9-14,24H2,1-3H3,(H,26,31,33). The van der Waals surface area contributed by atoms with E-state index in [-0.39, 0.29) is 42.7 Å². The second-order valence-electron chi connectivity index (χ2n) is 8.68. The number of hydrogen-bond donors (Lipinski definition) is 2. The molecule has 12 nitrogen and oxygen atoms in total. The Labute approximate surface area is 202 Å². The van der Waals surface area contributed by atoms with Crippen molar-refractivity contribution in [2.24, 2.45) is 5.92 Å². The molecule has 0 saturated carbocycles. The summed E-state index contributed by atoms with van der Waals surface area (Å²) >= 11 is 0. The number of aromatic amines is 1. The molecule has 0 aromatic carbocycles. The van der Waals surface area contributed by atoms with Crippen LogP contribution in [0.25, 0.3) is 0 Å². The Balaban J connectivity index is 1.84. The number of amides is 1. The van der Waals surface area contributed by atoms with Crippen LogP contribution in [0.15, 0.2) is 27.9 Å². The van der Waals surface area contributed by atoms with Gasteiger partial charge in [0.1, 0.15) is 17.2 Å². The molecule has 3 heterocycles. The number of rotatable bonds is 10. The lowest BCUT2D eigenvalue weighted by Crippen LogP contribution is -2.44. The van der Waals surface area contributed by atoms with Gasteiger partial charge in [-0.15, -0.1) is 0 Å². The van der Waals surface area contributed by atoms with Gasteiger partial charge in [-0.1, -0.05) is 13.8 Å². The zero-order valence-corrected chi connectivity index (χ0v) is 20.3. The summed E-state index contributed by atoms with van der Waals surface area (Å²) in [4.78, 5) is 60.5. The summed E-state index contributed by atoms with van der Waals surface area (Å²) in [5.41, 5.74) is 4.75. The quantitative estimate of drug-likeness (QED) is 0.458. The van der Waals surface area contributed by atoms with E-state index in [0.29, 0.717) is 5.82 Å². The van der Waals surface area contributed by atoms with E-state index in [2.05, 4.69) is 9.97 Å². The number of carbonyl (C=O) groups excluding carboxylic acids is 2. The highest BCUT2D eigenvalue weighted by Crippen LogP contribution is 2.23. The Hall–Kier alpha value is -3.67. The van der Waals surface area contributed by atoms with Crippen molar-refractivity contribution < 1.29 is 19.1 Å². The first-order valence-electron chi connectivity index (χ1n) is 11.5. The summed E-state index contributed by atoms with van der Waals surface area (Å²) in [7, 11) is 1.44. The van der Waals surface area contributed by atoms with Gasteiger partial charge < -0.3 is 20.1 Å². The van der Waals surface area contributed by atoms with E-state index < -0.39 is 29.7 Å². The average molecular weight is 489 g/mol. The molecule has 0 radical (unpaired) electrons. The maximum absolute atomic E-state index is 13.1. The third-order valence-corrected chi connectivity index (χ3v) is 5.59. The Kier molecular flexibility index (Phi) is 8.63. The predicted molar refractivity (Wildman–Crippen MR) is 131 cm³/mol. The van der Waals surface area contributed by atoms with Gasteiger partial charge in [-0.3, -0.25) is 24.0 Å². The molecule has 0 spiro atoms. The lowest BCUT2D eigenvalue weighted by Gasteiger charge is -2.24. The molecule has 0 atom stereocenters. The molecule has 1 saturated heterocycles. The van der Waals surface area contributed by atoms with Crippen molar-refractivity contribution in [1.82, 2.24) is 14.5 Å². The molecule has 2 aromatic heterocycles. The van der Waals surface area contributed by atoms with Crippen LogP contribution in [0.2, 0.25) is 0 Å². The van der Waals surface area contributed by atoms with E-state index in [0.717, 1.165) is 30.8 Å². The second-order valence-corrected chi connectivity index (χ2v) is 8.68. The highest BCUT2D eigenvalue weighted by Gasteiger charge is 2.27. The fraction of sp³-hybridized carbons (Fsp3) is 0.522. The monoisotopic (exact) mass is 488 g/mol. The van der Waals surface area contributed by atoms with E-state index in [4.69, 9.17) is 15.2 Å². The number of ether oxygens (including phenoxy) is 2. The average Bonchev–Trinajstić information content (AvgIpc) is 3.36. The van der Waals surface area contributed by atoms with Crippen LogP contribution in [-0.4, -0.2) is 66.4 Å². The van der Waals surface area contributed by atoms with Gasteiger partial charge in [0.05, 0.1) is 6.61 Å². The normalized spacial score (nSPS) is 13.3. The van der Waals surface area contributed by atoms with Crippen LogP contribution < -0.4 is 26.8 Å². The number of nitrogens with one attached hydrogen (secondary N) is 1. The maximum atomic E-state index is 13.1. The number of carbonyl (C=O) groups is 2. The maximum Gasteiger partial charge on any atom is 0.342 e. The van der Waals surface area contributed by atoms with Crippen molar-refractivity contribution in [2.45, 2.75) is 33.2 Å². The number of nitrogens with two attached hydrogens (primary N) is 1. The van der Waals surface area contributed by atoms with Crippen LogP contribution in [0.1, 0.15) is 37.0 Å². The van der Waals surface area contributed by atoms with Gasteiger partial charge in [-0.05, 0) is 30.9 Å². The molecular formula is C23H32N6O6. The van der Waals surface area contributed by atoms with Crippen LogP contribution in [0.4, 0.5) is 17.3 Å². The van der Waals surface area contributed by atoms with Crippen molar-refractivity contribution in [2.75, 3.05) is 55.5 Å². The van der Waals surface area contributed by atoms with Crippen LogP contribution >= 0.6 is 0 Å². The molecule has 1 aliphatic heterocycles. The van der Waals surface area contributed by atoms with Crippen molar-refractivity contribution in [3.05, 3.63) is 44.7 Å². The van der Waals surface area contributed by atoms with Gasteiger partial charge in [0, 0.05) is 39.5 Å². The van der Waals surface area contributed by atoms with E-state index in [9.17, 15) is 19.2 Å². The largest absolute Gasteiger partial charge is 0.452 e. The smallest absolute Gasteiger partial charge is 0.342 e. The van der Waals surface area contributed by atoms with E-state index in [1.807, 2.05) is 18.7 Å². The fourth-order valence-electron chi connectivity index (χ4n) is 3.95. The molecule has 190 valence electrons. The minimum atomic E-state index is -0.813. The minimum Gasteiger partial charge on any atom is -0.452 e. The predicted octanol–water partition coefficient (Wildman–Crippen LogP) is 0.606. The molecular weight excluding hydrogens is 456 g/mol. The van der Waals surface area contributed by atoms with Gasteiger partial charge >= 0.3 is 11.7 Å². The van der Waals surface area contributed by atoms with Gasteiger partial charge in [-0.25, -0.2) is 14.6 Å². The molecule has 3 rings (SSSR count). The first kappa shape index (κ1) is 25.9. The van der Waals surface area contributed by atoms with Crippen molar-refractivity contribution in [3.8, 4) is 0 Å². The van der Waals surface area contributed by atoms with E-state index in [1.54, 1.807) is 18.3 Å². The number of H-pyrrole nitrogens is 1. The Bertz CT molecular complexity index is 1170. The third kappa shape index (κ3) is 6.07. The molecule has 1 aliphatic rings. The Morgan fingerprint density at radius 1 is 1.26 bits per heavy atom. The number of pyridine rings is 1. The number of esters is 1. The van der Waals surface area contributed by atoms with Gasteiger partial charge in [-0.2, -0.15) is 0 Å². The van der Waals surface area contributed by atoms with E-state index in [1.165, 1.54) is 11.7 Å². The lowest BCUT2D eigenvalue weighted by atomic mass is 10.2. The van der Waals surface area contributed by atoms with Crippen molar-refractivity contribution in [3.63, 3.8) is 0 Å². The highest BCUT2D eigenvalue weighted by molar-refractivity contribution is 6.00. The molecule has 0 bridgehead atoms. The van der Waals surface area contributed by atoms with Crippen LogP contribution in [-0.2, 0) is 20.8 Å². The lowest BCUT2D eigenvalue weighted by molar-refractivity contribution is -0.121. The molecule has 1 amide bonds. The number of methoxy groups -OCH3 is 1. The highest BCUT2D eigenvalue weighted by atomic mass is 16.5. The third-order valence-electron chi connectivity index (χ3n) is 5.59. The van der Waals surface area contributed by atoms with Gasteiger partial charge in [0.2, 0.25) is 0 Å². The van der Waals surface area contributed by atoms with E-state index >= 15 is 0 Å². The molecule has 0 unspecified atom stereocenters. The zero-order chi connectivity index (χ0) is 25.5. The Morgan fingerprint density at radius 3 is 2.63 bits per heavy atom. The van der Waals surface area contributed by atoms with Crippen LogP contribution in [0.5, 0.6) is 0 Å². The zero-order valence-electron chi connectivity index (χ0n) is 20.3. The van der Waals surface area contributed by atoms with Crippen molar-refractivity contribution in [1.29, 1.82) is 0 Å². The first-order valence-corrected chi connectivity index (χ1v) is 11.5. The number of aromatic nitrogens is 3. The number of nitrogen functional groups attached to an aromatic ring is 1. The second kappa shape index (κ2) is 11.6. The molecule has 35 heavy (non-hydrogen) atoms. The fourth-order valence-corrected chi connectivity index (χ4v) is 3.95. The molecule has 1 fully saturated rings. The Morgan fingerprint density at radius 2 is 1.97 bits per heavy atom. The minimum absolute atomic E-state index is 0.0357. The van der Waals surface area contributed by atoms with Crippen LogP contribution in [0, 0.1) is 5.92 Å².